The monoisotopic (exact) mass is 383 g/mol. The van der Waals surface area contributed by atoms with Crippen LogP contribution >= 0.6 is 0 Å². The summed E-state index contributed by atoms with van der Waals surface area (Å²) in [4.78, 5) is 15.3. The standard InChI is InChI=1S/C19H21N5O4/c1-3-9-27-19(28-10-4-2)18(12-21)15(17(18,11-20)16(22)23-19)13-7-5-6-8-14(13)24(25)26/h5-8,15H,3-4,9-10H2,1-2H3,(H2,22,23). The molecule has 146 valence electrons. The molecular formula is C19H21N5O4. The van der Waals surface area contributed by atoms with Crippen molar-refractivity contribution in [1.82, 2.24) is 0 Å². The molecule has 1 aliphatic carbocycles. The topological polar surface area (TPSA) is 148 Å². The van der Waals surface area contributed by atoms with Gasteiger partial charge in [0.05, 0.1) is 30.3 Å². The summed E-state index contributed by atoms with van der Waals surface area (Å²) >= 11 is 0. The average Bonchev–Trinajstić information content (AvgIpc) is 3.28. The minimum absolute atomic E-state index is 0.0908. The number of nitro groups is 1. The number of amidine groups is 1. The molecule has 1 fully saturated rings. The van der Waals surface area contributed by atoms with E-state index in [2.05, 4.69) is 17.1 Å². The molecule has 1 heterocycles. The second-order valence-corrected chi connectivity index (χ2v) is 6.86. The summed E-state index contributed by atoms with van der Waals surface area (Å²) in [5.74, 6) is -2.75. The number of nitrogens with zero attached hydrogens (tertiary/aromatic N) is 4. The third kappa shape index (κ3) is 2.21. The lowest BCUT2D eigenvalue weighted by molar-refractivity contribution is -0.385. The van der Waals surface area contributed by atoms with E-state index in [1.165, 1.54) is 18.2 Å². The zero-order chi connectivity index (χ0) is 20.6. The Labute approximate surface area is 162 Å². The maximum atomic E-state index is 11.6. The highest BCUT2D eigenvalue weighted by atomic mass is 16.7. The van der Waals surface area contributed by atoms with Crippen molar-refractivity contribution in [3.05, 3.63) is 39.9 Å². The highest BCUT2D eigenvalue weighted by Gasteiger charge is 2.94. The molecule has 0 spiro atoms. The first-order valence-corrected chi connectivity index (χ1v) is 9.12. The summed E-state index contributed by atoms with van der Waals surface area (Å²) < 4.78 is 11.8. The van der Waals surface area contributed by atoms with Gasteiger partial charge >= 0.3 is 0 Å². The molecule has 0 radical (unpaired) electrons. The Kier molecular flexibility index (Phi) is 4.84. The molecule has 1 saturated carbocycles. The van der Waals surface area contributed by atoms with Crippen molar-refractivity contribution in [1.29, 1.82) is 10.5 Å². The normalized spacial score (nSPS) is 29.3. The number of aliphatic imine (C=N–C) groups is 1. The zero-order valence-electron chi connectivity index (χ0n) is 15.7. The summed E-state index contributed by atoms with van der Waals surface area (Å²) in [5, 5.41) is 31.8. The van der Waals surface area contributed by atoms with E-state index in [1.54, 1.807) is 6.07 Å². The van der Waals surface area contributed by atoms with Gasteiger partial charge in [0, 0.05) is 17.5 Å². The van der Waals surface area contributed by atoms with Crippen LogP contribution in [0.4, 0.5) is 5.69 Å². The van der Waals surface area contributed by atoms with E-state index < -0.39 is 27.6 Å². The number of nitro benzene ring substituents is 1. The van der Waals surface area contributed by atoms with Crippen LogP contribution in [0.2, 0.25) is 0 Å². The molecule has 2 N–H and O–H groups in total. The highest BCUT2D eigenvalue weighted by Crippen LogP contribution is 2.82. The molecule has 9 heteroatoms. The molecule has 1 aromatic carbocycles. The van der Waals surface area contributed by atoms with Crippen molar-refractivity contribution in [2.24, 2.45) is 21.6 Å². The van der Waals surface area contributed by atoms with Gasteiger partial charge < -0.3 is 15.2 Å². The van der Waals surface area contributed by atoms with Crippen molar-refractivity contribution < 1.29 is 14.4 Å². The summed E-state index contributed by atoms with van der Waals surface area (Å²) in [6, 6.07) is 10.3. The van der Waals surface area contributed by atoms with Gasteiger partial charge in [-0.25, -0.2) is 4.99 Å². The molecule has 2 aliphatic rings. The second-order valence-electron chi connectivity index (χ2n) is 6.86. The first-order chi connectivity index (χ1) is 13.4. The first kappa shape index (κ1) is 19.7. The molecule has 1 aliphatic heterocycles. The van der Waals surface area contributed by atoms with Crippen LogP contribution in [0.15, 0.2) is 29.3 Å². The average molecular weight is 383 g/mol. The lowest BCUT2D eigenvalue weighted by Crippen LogP contribution is -2.44. The third-order valence-electron chi connectivity index (χ3n) is 5.38. The molecule has 1 aromatic rings. The molecule has 28 heavy (non-hydrogen) atoms. The van der Waals surface area contributed by atoms with Crippen LogP contribution in [0.1, 0.15) is 38.2 Å². The molecule has 3 atom stereocenters. The van der Waals surface area contributed by atoms with Crippen LogP contribution in [-0.2, 0) is 9.47 Å². The maximum absolute atomic E-state index is 11.6. The van der Waals surface area contributed by atoms with Crippen LogP contribution in [0.3, 0.4) is 0 Å². The number of hydrogen-bond donors (Lipinski definition) is 1. The number of para-hydroxylation sites is 1. The van der Waals surface area contributed by atoms with Gasteiger partial charge in [0.15, 0.2) is 5.41 Å². The Morgan fingerprint density at radius 2 is 1.82 bits per heavy atom. The quantitative estimate of drug-likeness (QED) is 0.412. The fourth-order valence-corrected chi connectivity index (χ4v) is 4.20. The zero-order valence-corrected chi connectivity index (χ0v) is 15.7. The molecule has 0 aromatic heterocycles. The molecule has 0 amide bonds. The van der Waals surface area contributed by atoms with Crippen molar-refractivity contribution in [2.75, 3.05) is 13.2 Å². The van der Waals surface area contributed by atoms with E-state index in [1.807, 2.05) is 13.8 Å². The van der Waals surface area contributed by atoms with E-state index in [9.17, 15) is 20.6 Å². The molecule has 3 rings (SSSR count). The van der Waals surface area contributed by atoms with Crippen molar-refractivity contribution in [2.45, 2.75) is 38.5 Å². The molecule has 0 bridgehead atoms. The van der Waals surface area contributed by atoms with E-state index in [0.29, 0.717) is 12.8 Å². The largest absolute Gasteiger partial charge is 0.386 e. The Hall–Kier alpha value is -3.01. The Bertz CT molecular complexity index is 910. The number of ether oxygens (including phenoxy) is 2. The fraction of sp³-hybridized carbons (Fsp3) is 0.526. The van der Waals surface area contributed by atoms with Crippen molar-refractivity contribution in [3.63, 3.8) is 0 Å². The molecule has 3 unspecified atom stereocenters. The van der Waals surface area contributed by atoms with Gasteiger partial charge in [0.25, 0.3) is 11.6 Å². The SMILES string of the molecule is CCCOC1(OCCC)N=C(N)C2(C#N)C(c3ccccc3[N+](=O)[O-])C12C#N. The summed E-state index contributed by atoms with van der Waals surface area (Å²) in [7, 11) is 0. The lowest BCUT2D eigenvalue weighted by Gasteiger charge is -2.32. The van der Waals surface area contributed by atoms with Crippen LogP contribution < -0.4 is 5.73 Å². The molecule has 9 nitrogen and oxygen atoms in total. The smallest absolute Gasteiger partial charge is 0.293 e. The molecule has 0 saturated heterocycles. The lowest BCUT2D eigenvalue weighted by atomic mass is 9.93. The Morgan fingerprint density at radius 3 is 2.32 bits per heavy atom. The first-order valence-electron chi connectivity index (χ1n) is 9.12. The van der Waals surface area contributed by atoms with Gasteiger partial charge in [-0.15, -0.1) is 0 Å². The second kappa shape index (κ2) is 6.86. The number of nitriles is 2. The number of nitrogens with two attached hydrogens (primary N) is 1. The van der Waals surface area contributed by atoms with E-state index in [0.717, 1.165) is 0 Å². The van der Waals surface area contributed by atoms with Crippen LogP contribution in [-0.4, -0.2) is 29.9 Å². The van der Waals surface area contributed by atoms with Crippen molar-refractivity contribution in [3.8, 4) is 12.1 Å². The maximum Gasteiger partial charge on any atom is 0.293 e. The van der Waals surface area contributed by atoms with Crippen LogP contribution in [0, 0.1) is 43.6 Å². The van der Waals surface area contributed by atoms with E-state index >= 15 is 0 Å². The van der Waals surface area contributed by atoms with Gasteiger partial charge in [-0.1, -0.05) is 32.0 Å². The summed E-state index contributed by atoms with van der Waals surface area (Å²) in [6.45, 7) is 4.24. The van der Waals surface area contributed by atoms with E-state index in [4.69, 9.17) is 15.2 Å². The van der Waals surface area contributed by atoms with Crippen molar-refractivity contribution >= 4 is 11.5 Å². The minimum atomic E-state index is -1.78. The van der Waals surface area contributed by atoms with Gasteiger partial charge in [0.2, 0.25) is 0 Å². The minimum Gasteiger partial charge on any atom is -0.386 e. The van der Waals surface area contributed by atoms with Crippen LogP contribution in [0.5, 0.6) is 0 Å². The highest BCUT2D eigenvalue weighted by molar-refractivity contribution is 6.00. The van der Waals surface area contributed by atoms with E-state index in [-0.39, 0.29) is 30.3 Å². The number of benzene rings is 1. The fourth-order valence-electron chi connectivity index (χ4n) is 4.20. The Morgan fingerprint density at radius 1 is 1.21 bits per heavy atom. The number of hydrogen-bond acceptors (Lipinski definition) is 8. The predicted octanol–water partition coefficient (Wildman–Crippen LogP) is 2.59. The number of fused-ring (bicyclic) bond motifs is 1. The number of rotatable bonds is 8. The summed E-state index contributed by atoms with van der Waals surface area (Å²) in [5.41, 5.74) is 3.06. The predicted molar refractivity (Wildman–Crippen MR) is 98.8 cm³/mol. The van der Waals surface area contributed by atoms with Gasteiger partial charge in [-0.05, 0) is 12.8 Å². The Balaban J connectivity index is 2.23. The van der Waals surface area contributed by atoms with Gasteiger partial charge in [0.1, 0.15) is 11.3 Å². The third-order valence-corrected chi connectivity index (χ3v) is 5.38. The van der Waals surface area contributed by atoms with Gasteiger partial charge in [-0.2, -0.15) is 10.5 Å². The van der Waals surface area contributed by atoms with Crippen LogP contribution in [0.25, 0.3) is 0 Å². The summed E-state index contributed by atoms with van der Waals surface area (Å²) in [6.07, 6.45) is 1.26. The molecular weight excluding hydrogens is 362 g/mol. The van der Waals surface area contributed by atoms with Gasteiger partial charge in [-0.3, -0.25) is 10.1 Å².